The Hall–Kier alpha value is -0.410. The highest BCUT2D eigenvalue weighted by Crippen LogP contribution is 2.21. The molecule has 1 aliphatic heterocycles. The summed E-state index contributed by atoms with van der Waals surface area (Å²) >= 11 is 0. The Morgan fingerprint density at radius 3 is 2.92 bits per heavy atom. The molecule has 0 spiro atoms. The second-order valence-corrected chi connectivity index (χ2v) is 3.95. The van der Waals surface area contributed by atoms with Crippen LogP contribution in [0, 0.1) is 5.92 Å². The molecule has 0 amide bonds. The van der Waals surface area contributed by atoms with Gasteiger partial charge in [0.15, 0.2) is 0 Å². The number of aliphatic hydroxyl groups is 1. The molecule has 2 atom stereocenters. The summed E-state index contributed by atoms with van der Waals surface area (Å²) in [6.07, 6.45) is 2.00. The highest BCUT2D eigenvalue weighted by molar-refractivity contribution is 5.80. The van der Waals surface area contributed by atoms with Crippen molar-refractivity contribution in [2.75, 3.05) is 19.7 Å². The summed E-state index contributed by atoms with van der Waals surface area (Å²) in [7, 11) is 0. The first-order chi connectivity index (χ1) is 6.15. The van der Waals surface area contributed by atoms with Gasteiger partial charge in [0, 0.05) is 13.2 Å². The molecule has 0 saturated carbocycles. The quantitative estimate of drug-likeness (QED) is 0.699. The highest BCUT2D eigenvalue weighted by Gasteiger charge is 2.27. The van der Waals surface area contributed by atoms with Crippen molar-refractivity contribution in [3.8, 4) is 0 Å². The van der Waals surface area contributed by atoms with Gasteiger partial charge in [0.1, 0.15) is 5.78 Å². The first kappa shape index (κ1) is 10.7. The molecule has 1 N–H and O–H groups in total. The topological polar surface area (TPSA) is 40.5 Å². The largest absolute Gasteiger partial charge is 0.396 e. The number of Topliss-reactive ketones (excluding diaryl/α,β-unsaturated/α-hetero) is 1. The molecular weight excluding hydrogens is 166 g/mol. The van der Waals surface area contributed by atoms with Crippen LogP contribution in [-0.4, -0.2) is 41.5 Å². The van der Waals surface area contributed by atoms with E-state index >= 15 is 0 Å². The summed E-state index contributed by atoms with van der Waals surface area (Å²) in [6, 6.07) is 0.0590. The molecule has 1 heterocycles. The van der Waals surface area contributed by atoms with Crippen molar-refractivity contribution in [3.05, 3.63) is 0 Å². The number of nitrogens with zero attached hydrogens (tertiary/aromatic N) is 1. The average molecular weight is 185 g/mol. The third-order valence-electron chi connectivity index (χ3n) is 2.99. The van der Waals surface area contributed by atoms with Crippen molar-refractivity contribution >= 4 is 5.78 Å². The zero-order valence-electron chi connectivity index (χ0n) is 8.49. The standard InChI is InChI=1S/C10H19NO2/c1-8(9(2)13)11-5-3-10(7-11)4-6-12/h8,10,12H,3-7H2,1-2H3. The first-order valence-corrected chi connectivity index (χ1v) is 5.00. The Balaban J connectivity index is 2.36. The van der Waals surface area contributed by atoms with E-state index in [1.165, 1.54) is 0 Å². The molecule has 1 fully saturated rings. The Bertz CT molecular complexity index is 182. The van der Waals surface area contributed by atoms with Crippen molar-refractivity contribution in [2.24, 2.45) is 5.92 Å². The van der Waals surface area contributed by atoms with Gasteiger partial charge in [0.25, 0.3) is 0 Å². The molecule has 1 aliphatic rings. The maximum absolute atomic E-state index is 11.1. The van der Waals surface area contributed by atoms with Crippen molar-refractivity contribution in [1.29, 1.82) is 0 Å². The lowest BCUT2D eigenvalue weighted by molar-refractivity contribution is -0.121. The lowest BCUT2D eigenvalue weighted by atomic mass is 10.1. The summed E-state index contributed by atoms with van der Waals surface area (Å²) in [5.74, 6) is 0.830. The van der Waals surface area contributed by atoms with E-state index in [9.17, 15) is 4.79 Å². The fourth-order valence-corrected chi connectivity index (χ4v) is 1.89. The van der Waals surface area contributed by atoms with E-state index in [0.717, 1.165) is 25.9 Å². The van der Waals surface area contributed by atoms with Crippen LogP contribution in [0.1, 0.15) is 26.7 Å². The van der Waals surface area contributed by atoms with Crippen LogP contribution in [0.5, 0.6) is 0 Å². The van der Waals surface area contributed by atoms with Gasteiger partial charge in [-0.1, -0.05) is 0 Å². The van der Waals surface area contributed by atoms with Crippen molar-refractivity contribution < 1.29 is 9.90 Å². The lowest BCUT2D eigenvalue weighted by Gasteiger charge is -2.21. The Morgan fingerprint density at radius 1 is 1.69 bits per heavy atom. The predicted octanol–water partition coefficient (Wildman–Crippen LogP) is 0.668. The highest BCUT2D eigenvalue weighted by atomic mass is 16.3. The molecule has 0 aliphatic carbocycles. The lowest BCUT2D eigenvalue weighted by Crippen LogP contribution is -2.36. The molecule has 13 heavy (non-hydrogen) atoms. The van der Waals surface area contributed by atoms with Crippen LogP contribution >= 0.6 is 0 Å². The number of hydrogen-bond acceptors (Lipinski definition) is 3. The second-order valence-electron chi connectivity index (χ2n) is 3.95. The molecule has 0 aromatic heterocycles. The summed E-state index contributed by atoms with van der Waals surface area (Å²) in [5, 5.41) is 8.78. The summed E-state index contributed by atoms with van der Waals surface area (Å²) in [5.41, 5.74) is 0. The van der Waals surface area contributed by atoms with Crippen LogP contribution < -0.4 is 0 Å². The van der Waals surface area contributed by atoms with Crippen LogP contribution in [0.15, 0.2) is 0 Å². The van der Waals surface area contributed by atoms with E-state index in [0.29, 0.717) is 5.92 Å². The normalized spacial score (nSPS) is 26.2. The van der Waals surface area contributed by atoms with E-state index in [4.69, 9.17) is 5.11 Å². The molecule has 1 rings (SSSR count). The SMILES string of the molecule is CC(=O)C(C)N1CCC(CCO)C1. The van der Waals surface area contributed by atoms with Crippen LogP contribution in [0.25, 0.3) is 0 Å². The van der Waals surface area contributed by atoms with Crippen LogP contribution in [-0.2, 0) is 4.79 Å². The molecule has 0 aromatic carbocycles. The number of carbonyl (C=O) groups excluding carboxylic acids is 1. The zero-order chi connectivity index (χ0) is 9.84. The van der Waals surface area contributed by atoms with Crippen LogP contribution in [0.3, 0.4) is 0 Å². The predicted molar refractivity (Wildman–Crippen MR) is 51.5 cm³/mol. The molecule has 2 unspecified atom stereocenters. The maximum Gasteiger partial charge on any atom is 0.146 e. The third kappa shape index (κ3) is 2.78. The van der Waals surface area contributed by atoms with Gasteiger partial charge >= 0.3 is 0 Å². The van der Waals surface area contributed by atoms with Crippen molar-refractivity contribution in [2.45, 2.75) is 32.7 Å². The molecule has 3 nitrogen and oxygen atoms in total. The summed E-state index contributed by atoms with van der Waals surface area (Å²) in [6.45, 7) is 5.85. The minimum Gasteiger partial charge on any atom is -0.396 e. The van der Waals surface area contributed by atoms with E-state index < -0.39 is 0 Å². The third-order valence-corrected chi connectivity index (χ3v) is 2.99. The summed E-state index contributed by atoms with van der Waals surface area (Å²) in [4.78, 5) is 13.3. The van der Waals surface area contributed by atoms with Gasteiger partial charge in [-0.15, -0.1) is 0 Å². The summed E-state index contributed by atoms with van der Waals surface area (Å²) < 4.78 is 0. The minimum atomic E-state index is 0.0590. The van der Waals surface area contributed by atoms with E-state index in [-0.39, 0.29) is 18.4 Å². The molecule has 0 radical (unpaired) electrons. The second kappa shape index (κ2) is 4.72. The molecule has 1 saturated heterocycles. The number of likely N-dealkylation sites (tertiary alicyclic amines) is 1. The Labute approximate surface area is 79.7 Å². The Morgan fingerprint density at radius 2 is 2.38 bits per heavy atom. The van der Waals surface area contributed by atoms with Crippen LogP contribution in [0.4, 0.5) is 0 Å². The van der Waals surface area contributed by atoms with E-state index in [1.54, 1.807) is 6.92 Å². The Kier molecular flexibility index (Phi) is 3.88. The van der Waals surface area contributed by atoms with Gasteiger partial charge < -0.3 is 5.11 Å². The van der Waals surface area contributed by atoms with Gasteiger partial charge in [-0.3, -0.25) is 9.69 Å². The number of carbonyl (C=O) groups is 1. The fraction of sp³-hybridized carbons (Fsp3) is 0.900. The van der Waals surface area contributed by atoms with E-state index in [1.807, 2.05) is 6.92 Å². The molecular formula is C10H19NO2. The molecule has 0 bridgehead atoms. The average Bonchev–Trinajstić information content (AvgIpc) is 2.52. The smallest absolute Gasteiger partial charge is 0.146 e. The fourth-order valence-electron chi connectivity index (χ4n) is 1.89. The van der Waals surface area contributed by atoms with Gasteiger partial charge in [0.05, 0.1) is 6.04 Å². The van der Waals surface area contributed by atoms with Crippen molar-refractivity contribution in [3.63, 3.8) is 0 Å². The van der Waals surface area contributed by atoms with Gasteiger partial charge in [-0.2, -0.15) is 0 Å². The first-order valence-electron chi connectivity index (χ1n) is 5.00. The number of ketones is 1. The van der Waals surface area contributed by atoms with Crippen molar-refractivity contribution in [1.82, 2.24) is 4.90 Å². The molecule has 76 valence electrons. The van der Waals surface area contributed by atoms with Gasteiger partial charge in [-0.25, -0.2) is 0 Å². The number of rotatable bonds is 4. The monoisotopic (exact) mass is 185 g/mol. The minimum absolute atomic E-state index is 0.0590. The van der Waals surface area contributed by atoms with E-state index in [2.05, 4.69) is 4.90 Å². The van der Waals surface area contributed by atoms with Gasteiger partial charge in [-0.05, 0) is 39.2 Å². The van der Waals surface area contributed by atoms with Gasteiger partial charge in [0.2, 0.25) is 0 Å². The van der Waals surface area contributed by atoms with Crippen LogP contribution in [0.2, 0.25) is 0 Å². The molecule has 0 aromatic rings. The number of hydrogen-bond donors (Lipinski definition) is 1. The maximum atomic E-state index is 11.1. The number of aliphatic hydroxyl groups excluding tert-OH is 1. The zero-order valence-corrected chi connectivity index (χ0v) is 8.49. The molecule has 3 heteroatoms.